The Morgan fingerprint density at radius 2 is 2.00 bits per heavy atom. The number of fused-ring (bicyclic) bond motifs is 1. The van der Waals surface area contributed by atoms with Gasteiger partial charge in [-0.05, 0) is 36.4 Å². The van der Waals surface area contributed by atoms with Gasteiger partial charge in [0.2, 0.25) is 0 Å². The number of nitrogens with zero attached hydrogens (tertiary/aromatic N) is 1. The highest BCUT2D eigenvalue weighted by Gasteiger charge is 2.13. The molecule has 0 radical (unpaired) electrons. The zero-order valence-corrected chi connectivity index (χ0v) is 10.9. The molecule has 5 heteroatoms. The highest BCUT2D eigenvalue weighted by atomic mass is 19.1. The molecule has 3 aromatic rings. The van der Waals surface area contributed by atoms with Gasteiger partial charge in [0.15, 0.2) is 0 Å². The first-order valence-electron chi connectivity index (χ1n) is 6.29. The molecule has 0 aliphatic rings. The lowest BCUT2D eigenvalue weighted by Crippen LogP contribution is -2.13. The monoisotopic (exact) mass is 282 g/mol. The van der Waals surface area contributed by atoms with E-state index in [-0.39, 0.29) is 11.3 Å². The Kier molecular flexibility index (Phi) is 3.23. The van der Waals surface area contributed by atoms with E-state index in [2.05, 4.69) is 10.3 Å². The summed E-state index contributed by atoms with van der Waals surface area (Å²) in [5, 5.41) is 12.6. The Labute approximate surface area is 119 Å². The van der Waals surface area contributed by atoms with E-state index in [0.29, 0.717) is 5.69 Å². The van der Waals surface area contributed by atoms with Crippen molar-refractivity contribution in [2.45, 2.75) is 0 Å². The predicted octanol–water partition coefficient (Wildman–Crippen LogP) is 3.33. The van der Waals surface area contributed by atoms with Crippen molar-refractivity contribution in [3.8, 4) is 5.75 Å². The third-order valence-corrected chi connectivity index (χ3v) is 3.09. The van der Waals surface area contributed by atoms with Crippen LogP contribution in [0.15, 0.2) is 54.7 Å². The standard InChI is InChI=1S/C16H11FN2O2/c17-13-9-10(20)6-7-11(13)16(21)19-15-5-1-4-14-12(15)3-2-8-18-14/h1-9,20H,(H,19,21). The molecule has 1 heterocycles. The van der Waals surface area contributed by atoms with Gasteiger partial charge in [0.1, 0.15) is 11.6 Å². The van der Waals surface area contributed by atoms with E-state index in [9.17, 15) is 14.3 Å². The Morgan fingerprint density at radius 3 is 2.81 bits per heavy atom. The minimum absolute atomic E-state index is 0.131. The second kappa shape index (κ2) is 5.20. The summed E-state index contributed by atoms with van der Waals surface area (Å²) in [6.07, 6.45) is 1.66. The fourth-order valence-corrected chi connectivity index (χ4v) is 2.09. The average molecular weight is 282 g/mol. The molecule has 2 N–H and O–H groups in total. The Bertz CT molecular complexity index is 828. The lowest BCUT2D eigenvalue weighted by molar-refractivity contribution is 0.102. The largest absolute Gasteiger partial charge is 0.508 e. The van der Waals surface area contributed by atoms with E-state index in [1.165, 1.54) is 12.1 Å². The van der Waals surface area contributed by atoms with Crippen LogP contribution in [-0.2, 0) is 0 Å². The maximum absolute atomic E-state index is 13.7. The molecule has 1 amide bonds. The number of carbonyl (C=O) groups excluding carboxylic acids is 1. The van der Waals surface area contributed by atoms with Gasteiger partial charge in [-0.3, -0.25) is 9.78 Å². The number of aromatic nitrogens is 1. The molecular weight excluding hydrogens is 271 g/mol. The lowest BCUT2D eigenvalue weighted by Gasteiger charge is -2.09. The van der Waals surface area contributed by atoms with Crippen molar-refractivity contribution in [3.05, 3.63) is 66.1 Å². The minimum atomic E-state index is -0.772. The molecule has 0 unspecified atom stereocenters. The number of carbonyl (C=O) groups is 1. The molecule has 1 aromatic heterocycles. The number of pyridine rings is 1. The molecule has 21 heavy (non-hydrogen) atoms. The molecule has 4 nitrogen and oxygen atoms in total. The van der Waals surface area contributed by atoms with Crippen molar-refractivity contribution in [1.29, 1.82) is 0 Å². The second-order valence-corrected chi connectivity index (χ2v) is 4.49. The van der Waals surface area contributed by atoms with E-state index in [4.69, 9.17) is 0 Å². The highest BCUT2D eigenvalue weighted by molar-refractivity contribution is 6.08. The summed E-state index contributed by atoms with van der Waals surface area (Å²) < 4.78 is 13.7. The topological polar surface area (TPSA) is 62.2 Å². The number of amides is 1. The minimum Gasteiger partial charge on any atom is -0.508 e. The number of hydrogen-bond acceptors (Lipinski definition) is 3. The van der Waals surface area contributed by atoms with Crippen LogP contribution in [-0.4, -0.2) is 16.0 Å². The van der Waals surface area contributed by atoms with E-state index < -0.39 is 11.7 Å². The maximum Gasteiger partial charge on any atom is 0.258 e. The Hall–Kier alpha value is -2.95. The van der Waals surface area contributed by atoms with Gasteiger partial charge in [-0.1, -0.05) is 6.07 Å². The molecule has 0 aliphatic carbocycles. The summed E-state index contributed by atoms with van der Waals surface area (Å²) in [4.78, 5) is 16.3. The maximum atomic E-state index is 13.7. The highest BCUT2D eigenvalue weighted by Crippen LogP contribution is 2.23. The van der Waals surface area contributed by atoms with Crippen molar-refractivity contribution in [3.63, 3.8) is 0 Å². The van der Waals surface area contributed by atoms with Gasteiger partial charge >= 0.3 is 0 Å². The van der Waals surface area contributed by atoms with Gasteiger partial charge in [0.25, 0.3) is 5.91 Å². The van der Waals surface area contributed by atoms with Gasteiger partial charge in [-0.15, -0.1) is 0 Å². The number of aromatic hydroxyl groups is 1. The number of phenolic OH excluding ortho intramolecular Hbond substituents is 1. The van der Waals surface area contributed by atoms with Crippen LogP contribution < -0.4 is 5.32 Å². The summed E-state index contributed by atoms with van der Waals surface area (Å²) in [5.74, 6) is -1.58. The SMILES string of the molecule is O=C(Nc1cccc2ncccc12)c1ccc(O)cc1F. The number of rotatable bonds is 2. The molecule has 0 atom stereocenters. The van der Waals surface area contributed by atoms with Crippen molar-refractivity contribution in [1.82, 2.24) is 4.98 Å². The van der Waals surface area contributed by atoms with Crippen LogP contribution in [0.5, 0.6) is 5.75 Å². The van der Waals surface area contributed by atoms with Gasteiger partial charge in [0, 0.05) is 17.6 Å². The smallest absolute Gasteiger partial charge is 0.258 e. The number of hydrogen-bond donors (Lipinski definition) is 2. The van der Waals surface area contributed by atoms with E-state index >= 15 is 0 Å². The summed E-state index contributed by atoms with van der Waals surface area (Å²) in [7, 11) is 0. The molecule has 3 rings (SSSR count). The fourth-order valence-electron chi connectivity index (χ4n) is 2.09. The van der Waals surface area contributed by atoms with Crippen LogP contribution in [0.4, 0.5) is 10.1 Å². The molecule has 0 spiro atoms. The first-order valence-corrected chi connectivity index (χ1v) is 6.29. The number of halogens is 1. The number of phenols is 1. The van der Waals surface area contributed by atoms with Crippen molar-refractivity contribution in [2.24, 2.45) is 0 Å². The predicted molar refractivity (Wildman–Crippen MR) is 77.8 cm³/mol. The average Bonchev–Trinajstić information content (AvgIpc) is 2.47. The third kappa shape index (κ3) is 2.53. The van der Waals surface area contributed by atoms with E-state index in [1.807, 2.05) is 12.1 Å². The number of anilines is 1. The van der Waals surface area contributed by atoms with Crippen molar-refractivity contribution < 1.29 is 14.3 Å². The van der Waals surface area contributed by atoms with E-state index in [0.717, 1.165) is 17.0 Å². The van der Waals surface area contributed by atoms with Gasteiger partial charge in [0.05, 0.1) is 16.8 Å². The van der Waals surface area contributed by atoms with Gasteiger partial charge in [-0.25, -0.2) is 4.39 Å². The van der Waals surface area contributed by atoms with Gasteiger partial charge in [-0.2, -0.15) is 0 Å². The van der Waals surface area contributed by atoms with Crippen LogP contribution in [0.3, 0.4) is 0 Å². The number of benzene rings is 2. The molecule has 0 saturated heterocycles. The molecule has 0 bridgehead atoms. The first-order chi connectivity index (χ1) is 10.1. The summed E-state index contributed by atoms with van der Waals surface area (Å²) in [6, 6.07) is 12.3. The van der Waals surface area contributed by atoms with Crippen LogP contribution >= 0.6 is 0 Å². The zero-order chi connectivity index (χ0) is 14.8. The quantitative estimate of drug-likeness (QED) is 0.757. The van der Waals surface area contributed by atoms with Crippen LogP contribution in [0.25, 0.3) is 10.9 Å². The van der Waals surface area contributed by atoms with Gasteiger partial charge < -0.3 is 10.4 Å². The molecular formula is C16H11FN2O2. The van der Waals surface area contributed by atoms with Crippen LogP contribution in [0, 0.1) is 5.82 Å². The molecule has 0 fully saturated rings. The third-order valence-electron chi connectivity index (χ3n) is 3.09. The Morgan fingerprint density at radius 1 is 1.14 bits per heavy atom. The van der Waals surface area contributed by atoms with Crippen LogP contribution in [0.2, 0.25) is 0 Å². The van der Waals surface area contributed by atoms with Crippen molar-refractivity contribution >= 4 is 22.5 Å². The molecule has 104 valence electrons. The van der Waals surface area contributed by atoms with Crippen molar-refractivity contribution in [2.75, 3.05) is 5.32 Å². The molecule has 2 aromatic carbocycles. The van der Waals surface area contributed by atoms with E-state index in [1.54, 1.807) is 24.4 Å². The number of nitrogens with one attached hydrogen (secondary N) is 1. The first kappa shape index (κ1) is 13.1. The molecule has 0 aliphatic heterocycles. The zero-order valence-electron chi connectivity index (χ0n) is 10.9. The summed E-state index contributed by atoms with van der Waals surface area (Å²) in [6.45, 7) is 0. The van der Waals surface area contributed by atoms with Crippen LogP contribution in [0.1, 0.15) is 10.4 Å². The normalized spacial score (nSPS) is 10.5. The summed E-state index contributed by atoms with van der Waals surface area (Å²) in [5.41, 5.74) is 1.16. The fraction of sp³-hybridized carbons (Fsp3) is 0. The lowest BCUT2D eigenvalue weighted by atomic mass is 10.1. The molecule has 0 saturated carbocycles. The second-order valence-electron chi connectivity index (χ2n) is 4.49. The summed E-state index contributed by atoms with van der Waals surface area (Å²) >= 11 is 0. The Balaban J connectivity index is 1.97.